The second kappa shape index (κ2) is 3.99. The van der Waals surface area contributed by atoms with Crippen LogP contribution < -0.4 is 5.73 Å². The molecular weight excluding hydrogens is 228 g/mol. The predicted molar refractivity (Wildman–Crippen MR) is 68.2 cm³/mol. The number of nitrogens with zero attached hydrogens (tertiary/aromatic N) is 1. The second-order valence-electron chi connectivity index (χ2n) is 5.62. The average molecular weight is 246 g/mol. The second-order valence-corrected chi connectivity index (χ2v) is 5.62. The molecule has 3 rings (SSSR count). The molecule has 4 nitrogen and oxygen atoms in total. The molecule has 1 fully saturated rings. The summed E-state index contributed by atoms with van der Waals surface area (Å²) in [5.74, 6) is 0. The summed E-state index contributed by atoms with van der Waals surface area (Å²) in [5.41, 5.74) is 9.03. The number of likely N-dealkylation sites (tertiary alicyclic amines) is 1. The third kappa shape index (κ3) is 1.77. The van der Waals surface area contributed by atoms with E-state index in [2.05, 4.69) is 24.3 Å². The number of amides is 1. The van der Waals surface area contributed by atoms with E-state index < -0.39 is 6.09 Å². The highest BCUT2D eigenvalue weighted by atomic mass is 16.4. The van der Waals surface area contributed by atoms with Crippen molar-refractivity contribution in [3.05, 3.63) is 35.4 Å². The normalized spacial score (nSPS) is 25.2. The molecular formula is C14H18N2O2. The summed E-state index contributed by atoms with van der Waals surface area (Å²) in [6, 6.07) is 8.51. The number of piperidine rings is 1. The number of nitrogens with two attached hydrogens (primary N) is 1. The average Bonchev–Trinajstić information content (AvgIpc) is 2.65. The van der Waals surface area contributed by atoms with Crippen LogP contribution in [-0.4, -0.2) is 28.8 Å². The van der Waals surface area contributed by atoms with Crippen molar-refractivity contribution in [2.24, 2.45) is 11.1 Å². The molecule has 1 atom stereocenters. The SMILES string of the molecule is NC1CC2(CCN1C(=O)O)Cc1ccccc1C2. The van der Waals surface area contributed by atoms with Crippen LogP contribution in [0.15, 0.2) is 24.3 Å². The Morgan fingerprint density at radius 1 is 1.33 bits per heavy atom. The van der Waals surface area contributed by atoms with Gasteiger partial charge in [0, 0.05) is 6.54 Å². The van der Waals surface area contributed by atoms with Gasteiger partial charge in [-0.25, -0.2) is 4.79 Å². The Balaban J connectivity index is 1.79. The van der Waals surface area contributed by atoms with Gasteiger partial charge in [-0.1, -0.05) is 24.3 Å². The molecule has 1 spiro atoms. The Labute approximate surface area is 106 Å². The van der Waals surface area contributed by atoms with Gasteiger partial charge in [-0.15, -0.1) is 0 Å². The zero-order chi connectivity index (χ0) is 12.8. The highest BCUT2D eigenvalue weighted by Crippen LogP contribution is 2.45. The summed E-state index contributed by atoms with van der Waals surface area (Å²) in [6.45, 7) is 0.560. The monoisotopic (exact) mass is 246 g/mol. The van der Waals surface area contributed by atoms with Crippen LogP contribution in [0.3, 0.4) is 0 Å². The maximum absolute atomic E-state index is 11.0. The van der Waals surface area contributed by atoms with Crippen LogP contribution in [0, 0.1) is 5.41 Å². The highest BCUT2D eigenvalue weighted by molar-refractivity contribution is 5.65. The fourth-order valence-electron chi connectivity index (χ4n) is 3.51. The van der Waals surface area contributed by atoms with Crippen molar-refractivity contribution in [1.29, 1.82) is 0 Å². The van der Waals surface area contributed by atoms with Crippen LogP contribution in [0.25, 0.3) is 0 Å². The van der Waals surface area contributed by atoms with Gasteiger partial charge in [-0.3, -0.25) is 4.90 Å². The Kier molecular flexibility index (Phi) is 2.55. The molecule has 3 N–H and O–H groups in total. The molecule has 1 amide bonds. The molecule has 0 aromatic heterocycles. The van der Waals surface area contributed by atoms with E-state index in [9.17, 15) is 4.79 Å². The first-order chi connectivity index (χ1) is 8.60. The van der Waals surface area contributed by atoms with Crippen LogP contribution >= 0.6 is 0 Å². The Morgan fingerprint density at radius 2 is 1.94 bits per heavy atom. The summed E-state index contributed by atoms with van der Waals surface area (Å²) >= 11 is 0. The van der Waals surface area contributed by atoms with Gasteiger partial charge < -0.3 is 10.8 Å². The minimum Gasteiger partial charge on any atom is -0.465 e. The third-order valence-corrected chi connectivity index (χ3v) is 4.42. The van der Waals surface area contributed by atoms with E-state index in [4.69, 9.17) is 10.8 Å². The number of fused-ring (bicyclic) bond motifs is 1. The Morgan fingerprint density at radius 3 is 2.44 bits per heavy atom. The number of benzene rings is 1. The first-order valence-corrected chi connectivity index (χ1v) is 6.42. The lowest BCUT2D eigenvalue weighted by molar-refractivity contribution is 0.0557. The van der Waals surface area contributed by atoms with Crippen molar-refractivity contribution in [2.45, 2.75) is 31.8 Å². The van der Waals surface area contributed by atoms with Crippen LogP contribution in [-0.2, 0) is 12.8 Å². The molecule has 0 bridgehead atoms. The van der Waals surface area contributed by atoms with Crippen molar-refractivity contribution >= 4 is 6.09 Å². The number of hydrogen-bond acceptors (Lipinski definition) is 2. The van der Waals surface area contributed by atoms with Gasteiger partial charge in [0.2, 0.25) is 0 Å². The summed E-state index contributed by atoms with van der Waals surface area (Å²) < 4.78 is 0. The lowest BCUT2D eigenvalue weighted by atomic mass is 9.75. The molecule has 0 radical (unpaired) electrons. The van der Waals surface area contributed by atoms with Gasteiger partial charge in [-0.2, -0.15) is 0 Å². The lowest BCUT2D eigenvalue weighted by Gasteiger charge is -2.42. The zero-order valence-electron chi connectivity index (χ0n) is 10.3. The fraction of sp³-hybridized carbons (Fsp3) is 0.500. The zero-order valence-corrected chi connectivity index (χ0v) is 10.3. The quantitative estimate of drug-likeness (QED) is 0.734. The van der Waals surface area contributed by atoms with E-state index in [0.717, 1.165) is 25.7 Å². The largest absolute Gasteiger partial charge is 0.465 e. The Hall–Kier alpha value is -1.55. The first-order valence-electron chi connectivity index (χ1n) is 6.42. The maximum atomic E-state index is 11.0. The minimum atomic E-state index is -0.895. The predicted octanol–water partition coefficient (Wildman–Crippen LogP) is 1.83. The van der Waals surface area contributed by atoms with E-state index in [1.165, 1.54) is 16.0 Å². The van der Waals surface area contributed by atoms with Gasteiger partial charge in [0.05, 0.1) is 6.17 Å². The molecule has 2 aliphatic rings. The fourth-order valence-corrected chi connectivity index (χ4v) is 3.51. The van der Waals surface area contributed by atoms with Crippen LogP contribution in [0.2, 0.25) is 0 Å². The van der Waals surface area contributed by atoms with Crippen molar-refractivity contribution in [1.82, 2.24) is 4.90 Å². The molecule has 18 heavy (non-hydrogen) atoms. The summed E-state index contributed by atoms with van der Waals surface area (Å²) in [5, 5.41) is 9.06. The molecule has 1 aromatic carbocycles. The van der Waals surface area contributed by atoms with Crippen molar-refractivity contribution in [2.75, 3.05) is 6.54 Å². The van der Waals surface area contributed by atoms with Crippen LogP contribution in [0.5, 0.6) is 0 Å². The lowest BCUT2D eigenvalue weighted by Crippen LogP contribution is -2.53. The molecule has 4 heteroatoms. The van der Waals surface area contributed by atoms with Gasteiger partial charge in [0.15, 0.2) is 0 Å². The number of rotatable bonds is 0. The van der Waals surface area contributed by atoms with E-state index in [1.807, 2.05) is 0 Å². The van der Waals surface area contributed by atoms with Crippen LogP contribution in [0.1, 0.15) is 24.0 Å². The van der Waals surface area contributed by atoms with Crippen molar-refractivity contribution in [3.63, 3.8) is 0 Å². The first kappa shape index (κ1) is 11.5. The summed E-state index contributed by atoms with van der Waals surface area (Å²) in [7, 11) is 0. The molecule has 0 saturated carbocycles. The molecule has 96 valence electrons. The summed E-state index contributed by atoms with van der Waals surface area (Å²) in [6.07, 6.45) is 2.53. The molecule has 1 unspecified atom stereocenters. The van der Waals surface area contributed by atoms with Gasteiger partial charge in [0.1, 0.15) is 0 Å². The van der Waals surface area contributed by atoms with Gasteiger partial charge >= 0.3 is 6.09 Å². The minimum absolute atomic E-state index is 0.190. The van der Waals surface area contributed by atoms with E-state index in [-0.39, 0.29) is 11.6 Å². The highest BCUT2D eigenvalue weighted by Gasteiger charge is 2.43. The maximum Gasteiger partial charge on any atom is 0.408 e. The Bertz CT molecular complexity index is 461. The number of carboxylic acid groups (broad SMARTS) is 1. The molecule has 1 aliphatic carbocycles. The van der Waals surface area contributed by atoms with E-state index in [0.29, 0.717) is 6.54 Å². The van der Waals surface area contributed by atoms with Crippen molar-refractivity contribution in [3.8, 4) is 0 Å². The number of carbonyl (C=O) groups is 1. The van der Waals surface area contributed by atoms with Gasteiger partial charge in [-0.05, 0) is 42.2 Å². The standard InChI is InChI=1S/C14H18N2O2/c15-12-9-14(5-6-16(12)13(17)18)7-10-3-1-2-4-11(10)8-14/h1-4,12H,5-9,15H2,(H,17,18). The smallest absolute Gasteiger partial charge is 0.408 e. The van der Waals surface area contributed by atoms with E-state index >= 15 is 0 Å². The third-order valence-electron chi connectivity index (χ3n) is 4.42. The molecule has 1 aromatic rings. The topological polar surface area (TPSA) is 66.6 Å². The van der Waals surface area contributed by atoms with Crippen molar-refractivity contribution < 1.29 is 9.90 Å². The summed E-state index contributed by atoms with van der Waals surface area (Å²) in [4.78, 5) is 12.4. The molecule has 1 aliphatic heterocycles. The van der Waals surface area contributed by atoms with Gasteiger partial charge in [0.25, 0.3) is 0 Å². The molecule has 1 saturated heterocycles. The number of hydrogen-bond donors (Lipinski definition) is 2. The van der Waals surface area contributed by atoms with E-state index in [1.54, 1.807) is 0 Å². The van der Waals surface area contributed by atoms with Crippen LogP contribution in [0.4, 0.5) is 4.79 Å². The molecule has 1 heterocycles.